The van der Waals surface area contributed by atoms with E-state index in [0.29, 0.717) is 5.56 Å². The maximum absolute atomic E-state index is 11.5. The van der Waals surface area contributed by atoms with E-state index in [1.54, 1.807) is 31.5 Å². The van der Waals surface area contributed by atoms with Gasteiger partial charge in [0.2, 0.25) is 5.84 Å². The number of H-pyrrole nitrogens is 1. The highest BCUT2D eigenvalue weighted by Crippen LogP contribution is 1.93. The van der Waals surface area contributed by atoms with Crippen LogP contribution in [0.15, 0.2) is 29.6 Å². The van der Waals surface area contributed by atoms with E-state index in [0.717, 1.165) is 0 Å². The maximum atomic E-state index is 11.5. The van der Waals surface area contributed by atoms with Gasteiger partial charge in [-0.1, -0.05) is 0 Å². The van der Waals surface area contributed by atoms with Gasteiger partial charge in [-0.3, -0.25) is 4.79 Å². The van der Waals surface area contributed by atoms with Crippen molar-refractivity contribution in [3.8, 4) is 0 Å². The third kappa shape index (κ3) is 3.90. The molecule has 1 aromatic rings. The topological polar surface area (TPSA) is 108 Å². The normalized spacial score (nSPS) is 10.8. The average Bonchev–Trinajstić information content (AvgIpc) is 2.36. The number of hydrogen-bond acceptors (Lipinski definition) is 4. The second kappa shape index (κ2) is 6.21. The smallest absolute Gasteiger partial charge is 0.375 e. The second-order valence-electron chi connectivity index (χ2n) is 2.95. The summed E-state index contributed by atoms with van der Waals surface area (Å²) in [6.45, 7) is 1.84. The molecule has 0 aromatic carbocycles. The number of carbonyl (C=O) groups excluding carboxylic acids is 2. The number of aromatic nitrogens is 1. The molecule has 0 aliphatic heterocycles. The molecule has 0 bridgehead atoms. The van der Waals surface area contributed by atoms with Crippen LogP contribution < -0.4 is 16.1 Å². The van der Waals surface area contributed by atoms with Crippen LogP contribution in [0.4, 0.5) is 0 Å². The Kier molecular flexibility index (Phi) is 4.61. The van der Waals surface area contributed by atoms with Gasteiger partial charge in [0.15, 0.2) is 12.4 Å². The van der Waals surface area contributed by atoms with Gasteiger partial charge in [-0.05, 0) is 6.92 Å². The molecular formula is C10H13N4O3+. The molecule has 1 amide bonds. The molecule has 1 heterocycles. The number of nitrogens with zero attached hydrogens (tertiary/aromatic N) is 1. The SMILES string of the molecule is CCOC(=O)C(N)=NNC(=O)c1cc[nH+]cc1. The number of ether oxygens (including phenoxy) is 1. The molecule has 0 aliphatic carbocycles. The van der Waals surface area contributed by atoms with Gasteiger partial charge in [0.1, 0.15) is 0 Å². The largest absolute Gasteiger partial charge is 0.460 e. The van der Waals surface area contributed by atoms with E-state index in [4.69, 9.17) is 5.73 Å². The van der Waals surface area contributed by atoms with Crippen LogP contribution in [0.2, 0.25) is 0 Å². The standard InChI is InChI=1S/C10H12N4O3/c1-2-17-10(16)8(11)13-14-9(15)7-3-5-12-6-4-7/h3-6H,2H2,1H3,(H2,11,13)(H,14,15)/p+1. The summed E-state index contributed by atoms with van der Waals surface area (Å²) >= 11 is 0. The molecule has 90 valence electrons. The lowest BCUT2D eigenvalue weighted by molar-refractivity contribution is -0.378. The van der Waals surface area contributed by atoms with Crippen molar-refractivity contribution in [2.45, 2.75) is 6.92 Å². The van der Waals surface area contributed by atoms with Gasteiger partial charge in [-0.2, -0.15) is 0 Å². The summed E-state index contributed by atoms with van der Waals surface area (Å²) < 4.78 is 4.59. The van der Waals surface area contributed by atoms with Crippen molar-refractivity contribution >= 4 is 17.7 Å². The summed E-state index contributed by atoms with van der Waals surface area (Å²) in [4.78, 5) is 25.3. The summed E-state index contributed by atoms with van der Waals surface area (Å²) in [6, 6.07) is 3.12. The van der Waals surface area contributed by atoms with E-state index in [1.807, 2.05) is 0 Å². The van der Waals surface area contributed by atoms with Gasteiger partial charge in [0.25, 0.3) is 5.91 Å². The van der Waals surface area contributed by atoms with E-state index in [2.05, 4.69) is 20.2 Å². The van der Waals surface area contributed by atoms with Crippen LogP contribution in [-0.2, 0) is 9.53 Å². The summed E-state index contributed by atoms with van der Waals surface area (Å²) in [5.41, 5.74) is 7.82. The summed E-state index contributed by atoms with van der Waals surface area (Å²) in [5.74, 6) is -1.64. The predicted molar refractivity (Wildman–Crippen MR) is 58.7 cm³/mol. The average molecular weight is 237 g/mol. The van der Waals surface area contributed by atoms with Crippen molar-refractivity contribution in [1.29, 1.82) is 0 Å². The van der Waals surface area contributed by atoms with E-state index >= 15 is 0 Å². The van der Waals surface area contributed by atoms with E-state index in [-0.39, 0.29) is 6.61 Å². The first-order chi connectivity index (χ1) is 8.15. The Morgan fingerprint density at radius 3 is 2.71 bits per heavy atom. The minimum absolute atomic E-state index is 0.192. The second-order valence-corrected chi connectivity index (χ2v) is 2.95. The molecule has 7 heteroatoms. The van der Waals surface area contributed by atoms with Gasteiger partial charge < -0.3 is 10.5 Å². The Balaban J connectivity index is 2.59. The van der Waals surface area contributed by atoms with Crippen LogP contribution in [0.1, 0.15) is 17.3 Å². The number of nitrogens with one attached hydrogen (secondary N) is 2. The number of rotatable bonds is 3. The molecule has 0 unspecified atom stereocenters. The number of hydrogen-bond donors (Lipinski definition) is 2. The van der Waals surface area contributed by atoms with Crippen LogP contribution >= 0.6 is 0 Å². The molecule has 0 radical (unpaired) electrons. The molecule has 0 atom stereocenters. The summed E-state index contributed by atoms with van der Waals surface area (Å²) in [5, 5.41) is 3.43. The highest BCUT2D eigenvalue weighted by atomic mass is 16.5. The first-order valence-corrected chi connectivity index (χ1v) is 4.92. The number of pyridine rings is 1. The monoisotopic (exact) mass is 237 g/mol. The first-order valence-electron chi connectivity index (χ1n) is 4.92. The van der Waals surface area contributed by atoms with Crippen molar-refractivity contribution in [3.05, 3.63) is 30.1 Å². The number of nitrogens with two attached hydrogens (primary N) is 1. The zero-order chi connectivity index (χ0) is 12.7. The molecule has 7 nitrogen and oxygen atoms in total. The van der Waals surface area contributed by atoms with Crippen molar-refractivity contribution in [3.63, 3.8) is 0 Å². The summed E-state index contributed by atoms with van der Waals surface area (Å²) in [7, 11) is 0. The summed E-state index contributed by atoms with van der Waals surface area (Å²) in [6.07, 6.45) is 3.18. The first kappa shape index (κ1) is 12.6. The van der Waals surface area contributed by atoms with Crippen LogP contribution in [0.5, 0.6) is 0 Å². The highest BCUT2D eigenvalue weighted by molar-refractivity contribution is 6.34. The molecule has 1 aromatic heterocycles. The van der Waals surface area contributed by atoms with Gasteiger partial charge in [0.05, 0.1) is 12.2 Å². The van der Waals surface area contributed by atoms with E-state index in [1.165, 1.54) is 0 Å². The highest BCUT2D eigenvalue weighted by Gasteiger charge is 2.09. The Labute approximate surface area is 97.7 Å². The number of hydrazone groups is 1. The van der Waals surface area contributed by atoms with Gasteiger partial charge in [0, 0.05) is 12.1 Å². The lowest BCUT2D eigenvalue weighted by atomic mass is 10.3. The molecule has 0 fully saturated rings. The number of carbonyl (C=O) groups is 2. The predicted octanol–water partition coefficient (Wildman–Crippen LogP) is -0.934. The quantitative estimate of drug-likeness (QED) is 0.306. The molecule has 1 rings (SSSR count). The number of amidine groups is 1. The fraction of sp³-hybridized carbons (Fsp3) is 0.200. The maximum Gasteiger partial charge on any atom is 0.375 e. The molecular weight excluding hydrogens is 224 g/mol. The molecule has 17 heavy (non-hydrogen) atoms. The van der Waals surface area contributed by atoms with Crippen LogP contribution in [0.25, 0.3) is 0 Å². The van der Waals surface area contributed by atoms with E-state index in [9.17, 15) is 9.59 Å². The minimum atomic E-state index is -0.769. The zero-order valence-electron chi connectivity index (χ0n) is 9.27. The third-order valence-electron chi connectivity index (χ3n) is 1.74. The Bertz CT molecular complexity index is 430. The molecule has 0 aliphatic rings. The minimum Gasteiger partial charge on any atom is -0.460 e. The van der Waals surface area contributed by atoms with Crippen molar-refractivity contribution in [2.24, 2.45) is 10.8 Å². The molecule has 4 N–H and O–H groups in total. The molecule has 0 saturated carbocycles. The van der Waals surface area contributed by atoms with Crippen LogP contribution in [0.3, 0.4) is 0 Å². The Morgan fingerprint density at radius 2 is 2.12 bits per heavy atom. The van der Waals surface area contributed by atoms with Crippen LogP contribution in [-0.4, -0.2) is 24.3 Å². The number of aromatic amines is 1. The van der Waals surface area contributed by atoms with Gasteiger partial charge in [-0.15, -0.1) is 5.10 Å². The van der Waals surface area contributed by atoms with Crippen molar-refractivity contribution in [1.82, 2.24) is 5.43 Å². The fourth-order valence-electron chi connectivity index (χ4n) is 0.964. The van der Waals surface area contributed by atoms with Gasteiger partial charge >= 0.3 is 5.97 Å². The van der Waals surface area contributed by atoms with E-state index < -0.39 is 17.7 Å². The zero-order valence-corrected chi connectivity index (χ0v) is 9.27. The molecule has 0 saturated heterocycles. The fourth-order valence-corrected chi connectivity index (χ4v) is 0.964. The Morgan fingerprint density at radius 1 is 1.47 bits per heavy atom. The van der Waals surface area contributed by atoms with Crippen LogP contribution in [0, 0.1) is 0 Å². The number of esters is 1. The lowest BCUT2D eigenvalue weighted by Gasteiger charge is -2.01. The number of amides is 1. The van der Waals surface area contributed by atoms with Gasteiger partial charge in [-0.25, -0.2) is 15.2 Å². The molecule has 0 spiro atoms. The Hall–Kier alpha value is -2.44. The van der Waals surface area contributed by atoms with Crippen molar-refractivity contribution in [2.75, 3.05) is 6.61 Å². The lowest BCUT2D eigenvalue weighted by Crippen LogP contribution is -2.30. The third-order valence-corrected chi connectivity index (χ3v) is 1.74. The van der Waals surface area contributed by atoms with Crippen molar-refractivity contribution < 1.29 is 19.3 Å².